The Balaban J connectivity index is 1.48. The molecule has 2 heterocycles. The zero-order valence-corrected chi connectivity index (χ0v) is 13.0. The van der Waals surface area contributed by atoms with Crippen LogP contribution in [0.1, 0.15) is 41.1 Å². The molecule has 1 aromatic heterocycles. The minimum Gasteiger partial charge on any atom is -0.457 e. The number of carbonyl (C=O) groups excluding carboxylic acids is 2. The van der Waals surface area contributed by atoms with Gasteiger partial charge in [0, 0.05) is 24.2 Å². The highest BCUT2D eigenvalue weighted by Crippen LogP contribution is 2.33. The average Bonchev–Trinajstić information content (AvgIpc) is 3.18. The molecule has 2 aromatic rings. The predicted molar refractivity (Wildman–Crippen MR) is 84.8 cm³/mol. The molecule has 0 N–H and O–H groups in total. The van der Waals surface area contributed by atoms with Crippen LogP contribution in [0.15, 0.2) is 52.6 Å². The molecule has 1 aliphatic carbocycles. The number of benzene rings is 1. The van der Waals surface area contributed by atoms with Crippen LogP contribution in [-0.4, -0.2) is 22.6 Å². The monoisotopic (exact) mass is 325 g/mol. The standard InChI is InChI=1S/C19H16FNO3/c20-14-3-1-12(2-4-14)9-16-7-8-17(24-16)19(23)13-10-18(22)21(11-13)15-5-6-15/h1-4,7-8,11,15H,5-6,9-10H2. The number of Topliss-reactive ketones (excluding diaryl/α,β-unsaturated/α-hetero) is 1. The lowest BCUT2D eigenvalue weighted by Gasteiger charge is -2.10. The Hall–Kier alpha value is -2.69. The third kappa shape index (κ3) is 2.89. The smallest absolute Gasteiger partial charge is 0.231 e. The van der Waals surface area contributed by atoms with Crippen molar-refractivity contribution in [3.8, 4) is 0 Å². The zero-order chi connectivity index (χ0) is 16.7. The van der Waals surface area contributed by atoms with Crippen molar-refractivity contribution in [2.75, 3.05) is 0 Å². The molecule has 1 saturated carbocycles. The van der Waals surface area contributed by atoms with Gasteiger partial charge in [0.1, 0.15) is 11.6 Å². The summed E-state index contributed by atoms with van der Waals surface area (Å²) in [6, 6.07) is 9.81. The number of ketones is 1. The Bertz CT molecular complexity index is 831. The highest BCUT2D eigenvalue weighted by atomic mass is 19.1. The van der Waals surface area contributed by atoms with Crippen molar-refractivity contribution >= 4 is 11.7 Å². The molecule has 1 aliphatic heterocycles. The van der Waals surface area contributed by atoms with Gasteiger partial charge < -0.3 is 9.32 Å². The number of hydrogen-bond acceptors (Lipinski definition) is 3. The van der Waals surface area contributed by atoms with Gasteiger partial charge in [-0.15, -0.1) is 0 Å². The summed E-state index contributed by atoms with van der Waals surface area (Å²) in [5, 5.41) is 0. The number of carbonyl (C=O) groups is 2. The van der Waals surface area contributed by atoms with Crippen molar-refractivity contribution in [3.63, 3.8) is 0 Å². The highest BCUT2D eigenvalue weighted by Gasteiger charge is 2.37. The molecule has 1 amide bonds. The second-order valence-corrected chi connectivity index (χ2v) is 6.26. The van der Waals surface area contributed by atoms with Crippen LogP contribution in [0.5, 0.6) is 0 Å². The molecule has 4 rings (SSSR count). The summed E-state index contributed by atoms with van der Waals surface area (Å²) in [5.41, 5.74) is 1.38. The van der Waals surface area contributed by atoms with Crippen molar-refractivity contribution in [1.82, 2.24) is 4.90 Å². The highest BCUT2D eigenvalue weighted by molar-refractivity contribution is 6.11. The first-order valence-corrected chi connectivity index (χ1v) is 8.00. The maximum Gasteiger partial charge on any atom is 0.231 e. The number of halogens is 1. The molecule has 1 aromatic carbocycles. The van der Waals surface area contributed by atoms with Crippen LogP contribution in [-0.2, 0) is 11.2 Å². The van der Waals surface area contributed by atoms with E-state index in [4.69, 9.17) is 4.42 Å². The van der Waals surface area contributed by atoms with Crippen LogP contribution in [0.25, 0.3) is 0 Å². The molecule has 4 nitrogen and oxygen atoms in total. The SMILES string of the molecule is O=C(C1=CN(C2CC2)C(=O)C1)c1ccc(Cc2ccc(F)cc2)o1. The summed E-state index contributed by atoms with van der Waals surface area (Å²) < 4.78 is 18.6. The average molecular weight is 325 g/mol. The largest absolute Gasteiger partial charge is 0.457 e. The van der Waals surface area contributed by atoms with E-state index in [1.165, 1.54) is 12.1 Å². The normalized spacial score (nSPS) is 17.3. The van der Waals surface area contributed by atoms with Crippen molar-refractivity contribution in [3.05, 3.63) is 71.1 Å². The van der Waals surface area contributed by atoms with Crippen LogP contribution in [0, 0.1) is 5.82 Å². The fourth-order valence-electron chi connectivity index (χ4n) is 2.90. The van der Waals surface area contributed by atoms with Gasteiger partial charge in [0.05, 0.1) is 6.42 Å². The first-order chi connectivity index (χ1) is 11.6. The Morgan fingerprint density at radius 2 is 1.92 bits per heavy atom. The van der Waals surface area contributed by atoms with E-state index in [0.717, 1.165) is 18.4 Å². The van der Waals surface area contributed by atoms with Crippen molar-refractivity contribution in [1.29, 1.82) is 0 Å². The van der Waals surface area contributed by atoms with Crippen LogP contribution in [0.3, 0.4) is 0 Å². The quantitative estimate of drug-likeness (QED) is 0.791. The maximum absolute atomic E-state index is 12.9. The molecule has 0 bridgehead atoms. The van der Waals surface area contributed by atoms with E-state index in [0.29, 0.717) is 17.8 Å². The Morgan fingerprint density at radius 1 is 1.17 bits per heavy atom. The second-order valence-electron chi connectivity index (χ2n) is 6.26. The van der Waals surface area contributed by atoms with Gasteiger partial charge in [0.2, 0.25) is 11.7 Å². The number of nitrogens with zero attached hydrogens (tertiary/aromatic N) is 1. The topological polar surface area (TPSA) is 50.5 Å². The van der Waals surface area contributed by atoms with Gasteiger partial charge in [-0.1, -0.05) is 12.1 Å². The molecule has 1 fully saturated rings. The molecule has 122 valence electrons. The van der Waals surface area contributed by atoms with E-state index in [1.54, 1.807) is 35.4 Å². The summed E-state index contributed by atoms with van der Waals surface area (Å²) in [4.78, 5) is 26.1. The summed E-state index contributed by atoms with van der Waals surface area (Å²) in [5.74, 6) is 0.334. The van der Waals surface area contributed by atoms with E-state index in [9.17, 15) is 14.0 Å². The lowest BCUT2D eigenvalue weighted by molar-refractivity contribution is -0.127. The second kappa shape index (κ2) is 5.74. The van der Waals surface area contributed by atoms with E-state index >= 15 is 0 Å². The van der Waals surface area contributed by atoms with Gasteiger partial charge in [-0.2, -0.15) is 0 Å². The van der Waals surface area contributed by atoms with E-state index in [-0.39, 0.29) is 35.7 Å². The number of furan rings is 1. The Kier molecular flexibility index (Phi) is 3.56. The lowest BCUT2D eigenvalue weighted by atomic mass is 10.1. The molecule has 0 saturated heterocycles. The first-order valence-electron chi connectivity index (χ1n) is 8.00. The predicted octanol–water partition coefficient (Wildman–Crippen LogP) is 3.47. The van der Waals surface area contributed by atoms with E-state index in [1.807, 2.05) is 0 Å². The molecule has 0 atom stereocenters. The fraction of sp³-hybridized carbons (Fsp3) is 0.263. The third-order valence-corrected chi connectivity index (χ3v) is 4.33. The minimum atomic E-state index is -0.285. The van der Waals surface area contributed by atoms with Crippen molar-refractivity contribution in [2.24, 2.45) is 0 Å². The first kappa shape index (κ1) is 14.9. The molecule has 0 radical (unpaired) electrons. The van der Waals surface area contributed by atoms with Crippen LogP contribution >= 0.6 is 0 Å². The molecule has 2 aliphatic rings. The summed E-state index contributed by atoms with van der Waals surface area (Å²) in [7, 11) is 0. The number of rotatable bonds is 5. The van der Waals surface area contributed by atoms with Crippen LogP contribution in [0.4, 0.5) is 4.39 Å². The summed E-state index contributed by atoms with van der Waals surface area (Å²) >= 11 is 0. The molecular weight excluding hydrogens is 309 g/mol. The van der Waals surface area contributed by atoms with Crippen LogP contribution in [0.2, 0.25) is 0 Å². The maximum atomic E-state index is 12.9. The summed E-state index contributed by atoms with van der Waals surface area (Å²) in [6.07, 6.45) is 4.31. The van der Waals surface area contributed by atoms with Gasteiger partial charge in [-0.25, -0.2) is 4.39 Å². The van der Waals surface area contributed by atoms with Crippen molar-refractivity contribution in [2.45, 2.75) is 31.7 Å². The van der Waals surface area contributed by atoms with E-state index < -0.39 is 0 Å². The van der Waals surface area contributed by atoms with Crippen molar-refractivity contribution < 1.29 is 18.4 Å². The Morgan fingerprint density at radius 3 is 2.62 bits per heavy atom. The molecule has 24 heavy (non-hydrogen) atoms. The van der Waals surface area contributed by atoms with Gasteiger partial charge in [0.25, 0.3) is 0 Å². The number of hydrogen-bond donors (Lipinski definition) is 0. The van der Waals surface area contributed by atoms with E-state index in [2.05, 4.69) is 0 Å². The van der Waals surface area contributed by atoms with Gasteiger partial charge in [0.15, 0.2) is 5.76 Å². The van der Waals surface area contributed by atoms with Gasteiger partial charge >= 0.3 is 0 Å². The molecule has 0 unspecified atom stereocenters. The fourth-order valence-corrected chi connectivity index (χ4v) is 2.90. The zero-order valence-electron chi connectivity index (χ0n) is 13.0. The summed E-state index contributed by atoms with van der Waals surface area (Å²) in [6.45, 7) is 0. The number of amides is 1. The molecular formula is C19H16FNO3. The van der Waals surface area contributed by atoms with Crippen LogP contribution < -0.4 is 0 Å². The molecule has 5 heteroatoms. The van der Waals surface area contributed by atoms with Gasteiger partial charge in [-0.3, -0.25) is 9.59 Å². The Labute approximate surface area is 138 Å². The minimum absolute atomic E-state index is 0.0149. The van der Waals surface area contributed by atoms with Gasteiger partial charge in [-0.05, 0) is 42.7 Å². The third-order valence-electron chi connectivity index (χ3n) is 4.33. The lowest BCUT2D eigenvalue weighted by Crippen LogP contribution is -2.22. The molecule has 0 spiro atoms.